The van der Waals surface area contributed by atoms with E-state index in [1.54, 1.807) is 0 Å². The third kappa shape index (κ3) is 2.84. The zero-order chi connectivity index (χ0) is 22.8. The molecule has 2 N–H and O–H groups in total. The van der Waals surface area contributed by atoms with Crippen molar-refractivity contribution in [1.82, 2.24) is 14.5 Å². The van der Waals surface area contributed by atoms with E-state index < -0.39 is 49.1 Å². The molecular weight excluding hydrogens is 384 g/mol. The number of aliphatic hydroxyl groups is 2. The molecule has 5 atom stereocenters. The molecule has 0 radical (unpaired) electrons. The Morgan fingerprint density at radius 3 is 2.86 bits per heavy atom. The lowest BCUT2D eigenvalue weighted by atomic mass is 9.91. The smallest absolute Gasteiger partial charge is 0.164 e. The Morgan fingerprint density at radius 2 is 2.03 bits per heavy atom. The first kappa shape index (κ1) is 15.4. The average Bonchev–Trinajstić information content (AvgIpc) is 3.29. The van der Waals surface area contributed by atoms with Crippen molar-refractivity contribution in [3.8, 4) is 0 Å². The van der Waals surface area contributed by atoms with Gasteiger partial charge in [-0.1, -0.05) is 0 Å². The molecule has 1 saturated heterocycles. The molecule has 9 heteroatoms. The van der Waals surface area contributed by atoms with Crippen molar-refractivity contribution < 1.29 is 32.6 Å². The monoisotopic (exact) mass is 406 g/mol. The van der Waals surface area contributed by atoms with Gasteiger partial charge in [-0.15, -0.1) is 0 Å². The molecule has 4 heterocycles. The molecule has 152 valence electrons. The highest BCUT2D eigenvalue weighted by atomic mass is 19.2. The first-order valence-corrected chi connectivity index (χ1v) is 9.10. The highest BCUT2D eigenvalue weighted by molar-refractivity contribution is 5.78. The Labute approximate surface area is 168 Å². The van der Waals surface area contributed by atoms with Gasteiger partial charge in [0.2, 0.25) is 0 Å². The minimum atomic E-state index is -2.47. The normalized spacial score (nSPS) is 31.3. The van der Waals surface area contributed by atoms with Crippen LogP contribution in [0.3, 0.4) is 0 Å². The van der Waals surface area contributed by atoms with Gasteiger partial charge in [0, 0.05) is 15.7 Å². The summed E-state index contributed by atoms with van der Waals surface area (Å²) in [5, 5.41) is 21.7. The number of fused-ring (bicyclic) bond motifs is 2. The van der Waals surface area contributed by atoms with Crippen LogP contribution in [-0.2, 0) is 15.9 Å². The van der Waals surface area contributed by atoms with E-state index in [0.29, 0.717) is 17.5 Å². The van der Waals surface area contributed by atoms with Crippen molar-refractivity contribution in [3.63, 3.8) is 0 Å². The molecule has 0 unspecified atom stereocenters. The summed E-state index contributed by atoms with van der Waals surface area (Å²) in [7, 11) is 0. The van der Waals surface area contributed by atoms with Gasteiger partial charge in [-0.25, -0.2) is 18.7 Å². The SMILES string of the molecule is [2H]C([2H])([2H])c1ncnc2c1ccn2[C@@H]1O[C@H]([C@@H]2OCCc3cc(F)c(F)cc32)[C@@H](O)[C@H]1O. The molecule has 7 nitrogen and oxygen atoms in total. The highest BCUT2D eigenvalue weighted by Crippen LogP contribution is 2.41. The molecule has 3 aromatic rings. The molecule has 1 fully saturated rings. The molecule has 0 spiro atoms. The number of aromatic nitrogens is 3. The number of aryl methyl sites for hydroxylation is 1. The van der Waals surface area contributed by atoms with Crippen LogP contribution in [0.1, 0.15) is 33.3 Å². The van der Waals surface area contributed by atoms with E-state index in [4.69, 9.17) is 13.6 Å². The maximum atomic E-state index is 13.9. The topological polar surface area (TPSA) is 89.6 Å². The number of ether oxygens (including phenoxy) is 2. The summed E-state index contributed by atoms with van der Waals surface area (Å²) < 4.78 is 63.6. The molecule has 1 aromatic carbocycles. The van der Waals surface area contributed by atoms with Gasteiger partial charge in [0.1, 0.15) is 36.4 Å². The molecule has 5 rings (SSSR count). The second-order valence-electron chi connectivity index (χ2n) is 7.16. The maximum absolute atomic E-state index is 13.9. The molecule has 0 saturated carbocycles. The van der Waals surface area contributed by atoms with Crippen molar-refractivity contribution >= 4 is 11.0 Å². The third-order valence-corrected chi connectivity index (χ3v) is 5.51. The first-order chi connectivity index (χ1) is 15.2. The van der Waals surface area contributed by atoms with Crippen molar-refractivity contribution in [2.75, 3.05) is 6.61 Å². The largest absolute Gasteiger partial charge is 0.387 e. The minimum absolute atomic E-state index is 0.145. The van der Waals surface area contributed by atoms with Gasteiger partial charge >= 0.3 is 0 Å². The van der Waals surface area contributed by atoms with Gasteiger partial charge in [-0.2, -0.15) is 0 Å². The average molecular weight is 406 g/mol. The lowest BCUT2D eigenvalue weighted by molar-refractivity contribution is -0.113. The Bertz CT molecular complexity index is 1190. The van der Waals surface area contributed by atoms with Crippen LogP contribution in [0.5, 0.6) is 0 Å². The molecule has 0 bridgehead atoms. The fourth-order valence-corrected chi connectivity index (χ4v) is 4.08. The second-order valence-corrected chi connectivity index (χ2v) is 7.16. The first-order valence-electron chi connectivity index (χ1n) is 10.6. The number of rotatable bonds is 2. The standard InChI is InChI=1S/C20H19F2N3O4/c1-9-11-2-4-25(19(11)24-8-23-9)20-16(27)15(26)18(29-20)17-12-7-14(22)13(21)6-10(12)3-5-28-17/h2,4,6-8,15-18,20,26-27H,3,5H2,1H3/t15-,16+,17+,18-,20+/m0/s1/i1D3. The van der Waals surface area contributed by atoms with Crippen LogP contribution in [0.25, 0.3) is 11.0 Å². The van der Waals surface area contributed by atoms with Crippen molar-refractivity contribution in [2.45, 2.75) is 43.9 Å². The van der Waals surface area contributed by atoms with Crippen molar-refractivity contribution in [2.24, 2.45) is 0 Å². The van der Waals surface area contributed by atoms with Crippen LogP contribution in [-0.4, -0.2) is 49.7 Å². The van der Waals surface area contributed by atoms with Crippen LogP contribution in [0.15, 0.2) is 30.7 Å². The number of halogens is 2. The Morgan fingerprint density at radius 1 is 1.21 bits per heavy atom. The van der Waals surface area contributed by atoms with E-state index >= 15 is 0 Å². The van der Waals surface area contributed by atoms with E-state index in [1.165, 1.54) is 16.8 Å². The zero-order valence-electron chi connectivity index (χ0n) is 18.0. The summed E-state index contributed by atoms with van der Waals surface area (Å²) in [6.45, 7) is -2.26. The van der Waals surface area contributed by atoms with Crippen molar-refractivity contribution in [3.05, 3.63) is 59.2 Å². The predicted octanol–water partition coefficient (Wildman–Crippen LogP) is 1.95. The molecule has 0 aliphatic carbocycles. The second kappa shape index (κ2) is 6.81. The van der Waals surface area contributed by atoms with Crippen LogP contribution in [0.2, 0.25) is 0 Å². The van der Waals surface area contributed by atoms with E-state index in [1.807, 2.05) is 0 Å². The van der Waals surface area contributed by atoms with Gasteiger partial charge in [-0.3, -0.25) is 0 Å². The van der Waals surface area contributed by atoms with E-state index in [9.17, 15) is 19.0 Å². The summed E-state index contributed by atoms with van der Waals surface area (Å²) in [5.74, 6) is -2.02. The van der Waals surface area contributed by atoms with E-state index in [0.717, 1.165) is 18.5 Å². The number of hydrogen-bond donors (Lipinski definition) is 2. The number of benzene rings is 1. The zero-order valence-corrected chi connectivity index (χ0v) is 15.0. The van der Waals surface area contributed by atoms with Gasteiger partial charge in [0.05, 0.1) is 12.3 Å². The number of aliphatic hydroxyl groups excluding tert-OH is 2. The molecule has 0 amide bonds. The van der Waals surface area contributed by atoms with Gasteiger partial charge < -0.3 is 24.3 Å². The van der Waals surface area contributed by atoms with E-state index in [2.05, 4.69) is 9.97 Å². The predicted molar refractivity (Wildman–Crippen MR) is 96.9 cm³/mol. The van der Waals surface area contributed by atoms with E-state index in [-0.39, 0.29) is 23.3 Å². The highest BCUT2D eigenvalue weighted by Gasteiger charge is 2.49. The lowest BCUT2D eigenvalue weighted by Gasteiger charge is -2.31. The van der Waals surface area contributed by atoms with Gasteiger partial charge in [-0.05, 0) is 42.6 Å². The van der Waals surface area contributed by atoms with Crippen LogP contribution in [0.4, 0.5) is 8.78 Å². The van der Waals surface area contributed by atoms with Crippen LogP contribution < -0.4 is 0 Å². The Balaban J connectivity index is 1.51. The lowest BCUT2D eigenvalue weighted by Crippen LogP contribution is -2.37. The van der Waals surface area contributed by atoms with Crippen molar-refractivity contribution in [1.29, 1.82) is 0 Å². The van der Waals surface area contributed by atoms with Gasteiger partial charge in [0.15, 0.2) is 17.9 Å². The third-order valence-electron chi connectivity index (χ3n) is 5.51. The van der Waals surface area contributed by atoms with Gasteiger partial charge in [0.25, 0.3) is 0 Å². The van der Waals surface area contributed by atoms with Crippen LogP contribution >= 0.6 is 0 Å². The molecular formula is C20H19F2N3O4. The molecule has 2 aromatic heterocycles. The maximum Gasteiger partial charge on any atom is 0.164 e. The van der Waals surface area contributed by atoms with Crippen LogP contribution in [0, 0.1) is 18.5 Å². The number of hydrogen-bond acceptors (Lipinski definition) is 6. The molecule has 2 aliphatic rings. The molecule has 2 aliphatic heterocycles. The Hall–Kier alpha value is -2.46. The Kier molecular flexibility index (Phi) is 3.61. The summed E-state index contributed by atoms with van der Waals surface area (Å²) in [5.41, 5.74) is 0.945. The fraction of sp³-hybridized carbons (Fsp3) is 0.400. The summed E-state index contributed by atoms with van der Waals surface area (Å²) in [6.07, 6.45) is -3.00. The molecule has 29 heavy (non-hydrogen) atoms. The minimum Gasteiger partial charge on any atom is -0.387 e. The summed E-state index contributed by atoms with van der Waals surface area (Å²) in [6, 6.07) is 3.62. The fourth-order valence-electron chi connectivity index (χ4n) is 4.08. The summed E-state index contributed by atoms with van der Waals surface area (Å²) >= 11 is 0. The quantitative estimate of drug-likeness (QED) is 0.676. The number of nitrogens with zero attached hydrogens (tertiary/aromatic N) is 3. The summed E-state index contributed by atoms with van der Waals surface area (Å²) in [4.78, 5) is 7.98.